The van der Waals surface area contributed by atoms with E-state index >= 15 is 0 Å². The van der Waals surface area contributed by atoms with Crippen molar-refractivity contribution in [1.29, 1.82) is 0 Å². The van der Waals surface area contributed by atoms with E-state index in [1.165, 1.54) is 0 Å². The van der Waals surface area contributed by atoms with E-state index < -0.39 is 36.2 Å². The summed E-state index contributed by atoms with van der Waals surface area (Å²) in [5, 5.41) is 20.2. The molecule has 1 unspecified atom stereocenters. The van der Waals surface area contributed by atoms with E-state index in [4.69, 9.17) is 10.2 Å². The van der Waals surface area contributed by atoms with Gasteiger partial charge in [-0.05, 0) is 11.1 Å². The summed E-state index contributed by atoms with van der Waals surface area (Å²) in [5.41, 5.74) is 1.39. The zero-order valence-electron chi connectivity index (χ0n) is 12.8. The molecule has 0 aliphatic heterocycles. The Hall–Kier alpha value is -3.15. The summed E-state index contributed by atoms with van der Waals surface area (Å²) in [5.74, 6) is -3.95. The molecule has 1 atom stereocenters. The fourth-order valence-electron chi connectivity index (χ4n) is 2.42. The minimum Gasteiger partial charge on any atom is -0.481 e. The lowest BCUT2D eigenvalue weighted by molar-refractivity contribution is -0.147. The lowest BCUT2D eigenvalue weighted by Crippen LogP contribution is -2.44. The molecule has 24 heavy (non-hydrogen) atoms. The molecule has 2 aromatic rings. The maximum absolute atomic E-state index is 12.7. The zero-order valence-corrected chi connectivity index (χ0v) is 12.8. The van der Waals surface area contributed by atoms with Crippen LogP contribution in [0.4, 0.5) is 0 Å². The number of amides is 1. The first-order valence-electron chi connectivity index (χ1n) is 7.34. The summed E-state index contributed by atoms with van der Waals surface area (Å²) >= 11 is 0. The predicted molar refractivity (Wildman–Crippen MR) is 86.5 cm³/mol. The van der Waals surface area contributed by atoms with E-state index in [2.05, 4.69) is 5.32 Å². The summed E-state index contributed by atoms with van der Waals surface area (Å²) in [6.45, 7) is 0. The maximum Gasteiger partial charge on any atom is 0.326 e. The van der Waals surface area contributed by atoms with Gasteiger partial charge in [-0.3, -0.25) is 9.59 Å². The topological polar surface area (TPSA) is 104 Å². The van der Waals surface area contributed by atoms with Gasteiger partial charge in [-0.1, -0.05) is 60.7 Å². The third-order valence-electron chi connectivity index (χ3n) is 3.52. The molecule has 6 heteroatoms. The summed E-state index contributed by atoms with van der Waals surface area (Å²) in [6.07, 6.45) is -0.683. The molecule has 2 rings (SSSR count). The molecule has 0 spiro atoms. The molecule has 0 aliphatic carbocycles. The van der Waals surface area contributed by atoms with Gasteiger partial charge in [0.15, 0.2) is 0 Å². The van der Waals surface area contributed by atoms with Gasteiger partial charge >= 0.3 is 11.9 Å². The number of hydrogen-bond acceptors (Lipinski definition) is 3. The van der Waals surface area contributed by atoms with Crippen molar-refractivity contribution in [3.63, 3.8) is 0 Å². The number of carbonyl (C=O) groups excluding carboxylic acids is 1. The van der Waals surface area contributed by atoms with Crippen LogP contribution in [0.5, 0.6) is 0 Å². The van der Waals surface area contributed by atoms with Crippen LogP contribution < -0.4 is 5.32 Å². The van der Waals surface area contributed by atoms with Gasteiger partial charge < -0.3 is 15.5 Å². The van der Waals surface area contributed by atoms with Crippen molar-refractivity contribution in [2.45, 2.75) is 18.4 Å². The van der Waals surface area contributed by atoms with Crippen molar-refractivity contribution in [3.8, 4) is 0 Å². The van der Waals surface area contributed by atoms with Gasteiger partial charge in [0.05, 0.1) is 12.3 Å². The lowest BCUT2D eigenvalue weighted by atomic mass is 9.90. The largest absolute Gasteiger partial charge is 0.481 e. The molecule has 0 saturated heterocycles. The Morgan fingerprint density at radius 2 is 1.29 bits per heavy atom. The van der Waals surface area contributed by atoms with E-state index in [0.29, 0.717) is 11.1 Å². The first-order chi connectivity index (χ1) is 11.5. The van der Waals surface area contributed by atoms with Crippen LogP contribution in [-0.2, 0) is 14.4 Å². The average molecular weight is 327 g/mol. The molecule has 2 aromatic carbocycles. The number of carboxylic acids is 2. The van der Waals surface area contributed by atoms with Gasteiger partial charge in [0.1, 0.15) is 6.04 Å². The Kier molecular flexibility index (Phi) is 5.68. The van der Waals surface area contributed by atoms with Crippen molar-refractivity contribution in [2.75, 3.05) is 0 Å². The number of carbonyl (C=O) groups is 3. The van der Waals surface area contributed by atoms with Crippen LogP contribution in [0, 0.1) is 0 Å². The third kappa shape index (κ3) is 4.42. The number of hydrogen-bond donors (Lipinski definition) is 3. The number of aliphatic carboxylic acids is 2. The smallest absolute Gasteiger partial charge is 0.326 e. The Labute approximate surface area is 138 Å². The normalized spacial score (nSPS) is 11.7. The van der Waals surface area contributed by atoms with Crippen LogP contribution in [0.2, 0.25) is 0 Å². The molecule has 0 heterocycles. The quantitative estimate of drug-likeness (QED) is 0.720. The van der Waals surface area contributed by atoms with Crippen LogP contribution in [0.1, 0.15) is 23.5 Å². The molecular formula is C18H17NO5. The van der Waals surface area contributed by atoms with E-state index in [1.807, 2.05) is 12.1 Å². The fraction of sp³-hybridized carbons (Fsp3) is 0.167. The van der Waals surface area contributed by atoms with Crippen molar-refractivity contribution in [1.82, 2.24) is 5.32 Å². The minimum atomic E-state index is -1.48. The second-order valence-electron chi connectivity index (χ2n) is 5.25. The van der Waals surface area contributed by atoms with Gasteiger partial charge in [0, 0.05) is 0 Å². The third-order valence-corrected chi connectivity index (χ3v) is 3.52. The molecule has 3 N–H and O–H groups in total. The number of carboxylic acid groups (broad SMARTS) is 2. The molecule has 0 saturated carbocycles. The average Bonchev–Trinajstić information content (AvgIpc) is 2.56. The van der Waals surface area contributed by atoms with Crippen molar-refractivity contribution in [3.05, 3.63) is 71.8 Å². The van der Waals surface area contributed by atoms with Crippen LogP contribution >= 0.6 is 0 Å². The van der Waals surface area contributed by atoms with Gasteiger partial charge in [-0.2, -0.15) is 0 Å². The SMILES string of the molecule is O=C(O)CC(NC(=O)C(c1ccccc1)c1ccccc1)C(=O)O. The monoisotopic (exact) mass is 327 g/mol. The number of rotatable bonds is 7. The van der Waals surface area contributed by atoms with Crippen molar-refractivity contribution < 1.29 is 24.6 Å². The standard InChI is InChI=1S/C18H17NO5/c20-15(21)11-14(18(23)24)19-17(22)16(12-7-3-1-4-8-12)13-9-5-2-6-10-13/h1-10,14,16H,11H2,(H,19,22)(H,20,21)(H,23,24). The summed E-state index contributed by atoms with van der Waals surface area (Å²) in [4.78, 5) is 34.7. The Balaban J connectivity index is 2.32. The number of nitrogens with one attached hydrogen (secondary N) is 1. The zero-order chi connectivity index (χ0) is 17.5. The Morgan fingerprint density at radius 3 is 1.67 bits per heavy atom. The molecule has 0 radical (unpaired) electrons. The van der Waals surface area contributed by atoms with Gasteiger partial charge in [0.25, 0.3) is 0 Å². The summed E-state index contributed by atoms with van der Waals surface area (Å²) in [7, 11) is 0. The lowest BCUT2D eigenvalue weighted by Gasteiger charge is -2.20. The molecule has 0 aliphatic rings. The molecule has 0 fully saturated rings. The van der Waals surface area contributed by atoms with Gasteiger partial charge in [-0.15, -0.1) is 0 Å². The highest BCUT2D eigenvalue weighted by atomic mass is 16.4. The highest BCUT2D eigenvalue weighted by Crippen LogP contribution is 2.25. The Bertz CT molecular complexity index is 675. The van der Waals surface area contributed by atoms with Crippen LogP contribution in [0.3, 0.4) is 0 Å². The Morgan fingerprint density at radius 1 is 0.833 bits per heavy atom. The summed E-state index contributed by atoms with van der Waals surface area (Å²) < 4.78 is 0. The van der Waals surface area contributed by atoms with Crippen LogP contribution in [-0.4, -0.2) is 34.1 Å². The first-order valence-corrected chi connectivity index (χ1v) is 7.34. The van der Waals surface area contributed by atoms with Gasteiger partial charge in [-0.25, -0.2) is 4.79 Å². The van der Waals surface area contributed by atoms with Crippen molar-refractivity contribution >= 4 is 17.8 Å². The first kappa shape index (κ1) is 17.2. The molecular weight excluding hydrogens is 310 g/mol. The minimum absolute atomic E-state index is 0.555. The second kappa shape index (κ2) is 7.92. The maximum atomic E-state index is 12.7. The van der Waals surface area contributed by atoms with E-state index in [0.717, 1.165) is 0 Å². The molecule has 0 aromatic heterocycles. The molecule has 6 nitrogen and oxygen atoms in total. The van der Waals surface area contributed by atoms with Crippen molar-refractivity contribution in [2.24, 2.45) is 0 Å². The fourth-order valence-corrected chi connectivity index (χ4v) is 2.42. The molecule has 1 amide bonds. The molecule has 0 bridgehead atoms. The van der Waals surface area contributed by atoms with Gasteiger partial charge in [0.2, 0.25) is 5.91 Å². The van der Waals surface area contributed by atoms with E-state index in [1.54, 1.807) is 48.5 Å². The highest BCUT2D eigenvalue weighted by Gasteiger charge is 2.28. The highest BCUT2D eigenvalue weighted by molar-refractivity contribution is 5.92. The van der Waals surface area contributed by atoms with Crippen LogP contribution in [0.15, 0.2) is 60.7 Å². The van der Waals surface area contributed by atoms with E-state index in [9.17, 15) is 14.4 Å². The molecule has 124 valence electrons. The number of benzene rings is 2. The summed E-state index contributed by atoms with van der Waals surface area (Å²) in [6, 6.07) is 16.3. The van der Waals surface area contributed by atoms with E-state index in [-0.39, 0.29) is 0 Å². The second-order valence-corrected chi connectivity index (χ2v) is 5.25. The van der Waals surface area contributed by atoms with Crippen LogP contribution in [0.25, 0.3) is 0 Å². The predicted octanol–water partition coefficient (Wildman–Crippen LogP) is 1.86.